The average Bonchev–Trinajstić information content (AvgIpc) is 3.40. The number of hydrogen-bond donors (Lipinski definition) is 3. The number of nitrogens with zero attached hydrogens (tertiary/aromatic N) is 1. The molecule has 1 aromatic heterocycles. The van der Waals surface area contributed by atoms with Crippen LogP contribution in [0.2, 0.25) is 0 Å². The van der Waals surface area contributed by atoms with Gasteiger partial charge in [0.15, 0.2) is 0 Å². The molecule has 3 N–H and O–H groups in total. The monoisotopic (exact) mass is 375 g/mol. The van der Waals surface area contributed by atoms with Crippen molar-refractivity contribution in [2.45, 2.75) is 45.7 Å². The first-order valence-electron chi connectivity index (χ1n) is 8.83. The van der Waals surface area contributed by atoms with E-state index in [0.29, 0.717) is 12.1 Å². The minimum atomic E-state index is -1.32. The lowest BCUT2D eigenvalue weighted by Crippen LogP contribution is -2.36. The molecule has 0 saturated heterocycles. The number of carbonyl (C=O) groups is 2. The van der Waals surface area contributed by atoms with Crippen LogP contribution < -0.4 is 16.1 Å². The fourth-order valence-electron chi connectivity index (χ4n) is 3.27. The van der Waals surface area contributed by atoms with E-state index in [1.54, 1.807) is 17.6 Å². The number of aromatic carboxylic acids is 1. The number of carbonyl (C=O) groups excluding carboxylic acids is 1. The third kappa shape index (κ3) is 3.65. The molecule has 1 aromatic carbocycles. The van der Waals surface area contributed by atoms with E-state index >= 15 is 0 Å². The normalized spacial score (nSPS) is 14.8. The molecule has 1 fully saturated rings. The van der Waals surface area contributed by atoms with Crippen molar-refractivity contribution in [3.05, 3.63) is 39.4 Å². The van der Waals surface area contributed by atoms with Crippen molar-refractivity contribution >= 4 is 28.5 Å². The first-order valence-corrected chi connectivity index (χ1v) is 8.83. The molecule has 2 aromatic rings. The molecule has 3 rings (SSSR count). The first-order chi connectivity index (χ1) is 12.7. The number of amides is 1. The van der Waals surface area contributed by atoms with Crippen molar-refractivity contribution in [1.29, 1.82) is 0 Å². The maximum absolute atomic E-state index is 14.9. The van der Waals surface area contributed by atoms with Gasteiger partial charge in [-0.1, -0.05) is 0 Å². The van der Waals surface area contributed by atoms with Gasteiger partial charge in [-0.3, -0.25) is 9.59 Å². The van der Waals surface area contributed by atoms with Gasteiger partial charge >= 0.3 is 5.97 Å². The highest BCUT2D eigenvalue weighted by Gasteiger charge is 2.28. The zero-order chi connectivity index (χ0) is 19.9. The van der Waals surface area contributed by atoms with Gasteiger partial charge in [-0.2, -0.15) is 0 Å². The standard InChI is InChI=1S/C19H22FN3O4/c1-9(22-11(3)24)7-21-14-6-15-16(10(2)17(14)20)18(25)13(19(26)27)8-23(15)12-4-5-12/h6,8-9,12,21H,4-5,7H2,1-3H3,(H,22,24)(H,26,27). The summed E-state index contributed by atoms with van der Waals surface area (Å²) in [4.78, 5) is 35.2. The number of carboxylic acids is 1. The molecule has 1 heterocycles. The Morgan fingerprint density at radius 2 is 2.07 bits per heavy atom. The van der Waals surface area contributed by atoms with Crippen molar-refractivity contribution in [3.8, 4) is 0 Å². The van der Waals surface area contributed by atoms with Gasteiger partial charge < -0.3 is 20.3 Å². The van der Waals surface area contributed by atoms with Crippen LogP contribution >= 0.6 is 0 Å². The summed E-state index contributed by atoms with van der Waals surface area (Å²) in [6.45, 7) is 4.98. The molecule has 8 heteroatoms. The number of halogens is 1. The van der Waals surface area contributed by atoms with Crippen LogP contribution in [-0.2, 0) is 4.79 Å². The van der Waals surface area contributed by atoms with E-state index in [-0.39, 0.29) is 40.2 Å². The van der Waals surface area contributed by atoms with E-state index < -0.39 is 17.2 Å². The molecule has 1 saturated carbocycles. The van der Waals surface area contributed by atoms with Crippen LogP contribution in [0.1, 0.15) is 48.7 Å². The molecule has 7 nitrogen and oxygen atoms in total. The third-order valence-electron chi connectivity index (χ3n) is 4.71. The molecular formula is C19H22FN3O4. The second-order valence-corrected chi connectivity index (χ2v) is 7.06. The zero-order valence-electron chi connectivity index (χ0n) is 15.4. The quantitative estimate of drug-likeness (QED) is 0.720. The molecule has 0 aliphatic heterocycles. The molecule has 144 valence electrons. The summed E-state index contributed by atoms with van der Waals surface area (Å²) >= 11 is 0. The van der Waals surface area contributed by atoms with E-state index in [4.69, 9.17) is 0 Å². The molecule has 0 radical (unpaired) electrons. The first kappa shape index (κ1) is 18.9. The lowest BCUT2D eigenvalue weighted by atomic mass is 10.0. The number of benzene rings is 1. The summed E-state index contributed by atoms with van der Waals surface area (Å²) in [7, 11) is 0. The molecule has 1 unspecified atom stereocenters. The summed E-state index contributed by atoms with van der Waals surface area (Å²) < 4.78 is 16.6. The number of carboxylic acid groups (broad SMARTS) is 1. The van der Waals surface area contributed by atoms with Crippen molar-refractivity contribution in [2.24, 2.45) is 0 Å². The molecule has 0 spiro atoms. The van der Waals surface area contributed by atoms with Crippen LogP contribution in [-0.4, -0.2) is 34.1 Å². The summed E-state index contributed by atoms with van der Waals surface area (Å²) in [5.41, 5.74) is -0.180. The predicted octanol–water partition coefficient (Wildman–Crippen LogP) is 2.42. The van der Waals surface area contributed by atoms with E-state index in [2.05, 4.69) is 10.6 Å². The van der Waals surface area contributed by atoms with Gasteiger partial charge in [-0.15, -0.1) is 0 Å². The number of hydrogen-bond acceptors (Lipinski definition) is 4. The van der Waals surface area contributed by atoms with Gasteiger partial charge in [0.2, 0.25) is 11.3 Å². The van der Waals surface area contributed by atoms with E-state index in [9.17, 15) is 23.9 Å². The van der Waals surface area contributed by atoms with E-state index in [0.717, 1.165) is 12.8 Å². The van der Waals surface area contributed by atoms with Crippen molar-refractivity contribution < 1.29 is 19.1 Å². The Morgan fingerprint density at radius 1 is 1.41 bits per heavy atom. The van der Waals surface area contributed by atoms with E-state index in [1.165, 1.54) is 20.0 Å². The smallest absolute Gasteiger partial charge is 0.341 e. The molecule has 1 aliphatic rings. The maximum Gasteiger partial charge on any atom is 0.341 e. The van der Waals surface area contributed by atoms with Crippen LogP contribution in [0.4, 0.5) is 10.1 Å². The van der Waals surface area contributed by atoms with Crippen molar-refractivity contribution in [2.75, 3.05) is 11.9 Å². The highest BCUT2D eigenvalue weighted by molar-refractivity contribution is 5.95. The highest BCUT2D eigenvalue weighted by atomic mass is 19.1. The summed E-state index contributed by atoms with van der Waals surface area (Å²) in [5, 5.41) is 15.1. The minimum Gasteiger partial charge on any atom is -0.477 e. The van der Waals surface area contributed by atoms with Gasteiger partial charge in [-0.05, 0) is 32.8 Å². The zero-order valence-corrected chi connectivity index (χ0v) is 15.4. The van der Waals surface area contributed by atoms with Gasteiger partial charge in [-0.25, -0.2) is 9.18 Å². The Bertz CT molecular complexity index is 995. The number of anilines is 1. The molecule has 1 aliphatic carbocycles. The topological polar surface area (TPSA) is 100 Å². The minimum absolute atomic E-state index is 0.0970. The molecule has 0 bridgehead atoms. The summed E-state index contributed by atoms with van der Waals surface area (Å²) in [5.74, 6) is -2.09. The number of fused-ring (bicyclic) bond motifs is 1. The largest absolute Gasteiger partial charge is 0.477 e. The Morgan fingerprint density at radius 3 is 2.63 bits per heavy atom. The van der Waals surface area contributed by atoms with Crippen LogP contribution in [0.3, 0.4) is 0 Å². The lowest BCUT2D eigenvalue weighted by molar-refractivity contribution is -0.119. The third-order valence-corrected chi connectivity index (χ3v) is 4.71. The summed E-state index contributed by atoms with van der Waals surface area (Å²) in [6, 6.07) is 1.45. The number of nitrogens with one attached hydrogen (secondary N) is 2. The molecule has 27 heavy (non-hydrogen) atoms. The Balaban J connectivity index is 2.11. The number of aromatic nitrogens is 1. The van der Waals surface area contributed by atoms with Gasteiger partial charge in [0.25, 0.3) is 0 Å². The summed E-state index contributed by atoms with van der Waals surface area (Å²) in [6.07, 6.45) is 3.12. The predicted molar refractivity (Wildman–Crippen MR) is 99.9 cm³/mol. The molecule has 1 amide bonds. The second-order valence-electron chi connectivity index (χ2n) is 7.06. The van der Waals surface area contributed by atoms with Crippen molar-refractivity contribution in [3.63, 3.8) is 0 Å². The second kappa shape index (κ2) is 7.02. The number of aryl methyl sites for hydroxylation is 1. The van der Waals surface area contributed by atoms with Gasteiger partial charge in [0.1, 0.15) is 11.4 Å². The van der Waals surface area contributed by atoms with Gasteiger partial charge in [0, 0.05) is 37.3 Å². The Labute approximate surface area is 155 Å². The van der Waals surface area contributed by atoms with Crippen LogP contribution in [0.25, 0.3) is 10.9 Å². The average molecular weight is 375 g/mol. The molecule has 1 atom stereocenters. The maximum atomic E-state index is 14.9. The van der Waals surface area contributed by atoms with Crippen molar-refractivity contribution in [1.82, 2.24) is 9.88 Å². The number of rotatable bonds is 6. The fourth-order valence-corrected chi connectivity index (χ4v) is 3.27. The van der Waals surface area contributed by atoms with Crippen LogP contribution in [0.5, 0.6) is 0 Å². The highest BCUT2D eigenvalue weighted by Crippen LogP contribution is 2.38. The Kier molecular flexibility index (Phi) is 4.91. The Hall–Kier alpha value is -2.90. The van der Waals surface area contributed by atoms with E-state index in [1.807, 2.05) is 0 Å². The molecular weight excluding hydrogens is 353 g/mol. The lowest BCUT2D eigenvalue weighted by Gasteiger charge is -2.18. The van der Waals surface area contributed by atoms with Crippen LogP contribution in [0.15, 0.2) is 17.1 Å². The number of pyridine rings is 1. The fraction of sp³-hybridized carbons (Fsp3) is 0.421. The van der Waals surface area contributed by atoms with Gasteiger partial charge in [0.05, 0.1) is 16.6 Å². The van der Waals surface area contributed by atoms with Crippen LogP contribution in [0, 0.1) is 12.7 Å². The SMILES string of the molecule is CC(=O)NC(C)CNc1cc2c(c(C)c1F)c(=O)c(C(=O)O)cn2C1CC1.